The van der Waals surface area contributed by atoms with Gasteiger partial charge < -0.3 is 61.6 Å². The van der Waals surface area contributed by atoms with Crippen LogP contribution in [0.15, 0.2) is 0 Å². The summed E-state index contributed by atoms with van der Waals surface area (Å²) in [6.45, 7) is 15.8. The Bertz CT molecular complexity index is 614. The lowest BCUT2D eigenvalue weighted by molar-refractivity contribution is -0.169. The summed E-state index contributed by atoms with van der Waals surface area (Å²) >= 11 is 0. The van der Waals surface area contributed by atoms with Crippen molar-refractivity contribution < 1.29 is 61.6 Å². The molecule has 1 saturated heterocycles. The standard InChI is InChI=1S/C37H74O13/c1-2-3-4-5-6-7-8-10-13-38-15-16-39-17-18-40-19-20-41-21-22-42-23-24-43-25-26-44-27-28-45-29-30-46-31-32-47-33-34-48-35-36-50-37-12-9-11-14-49-37/h37H,2-36H2,1H3. The minimum Gasteiger partial charge on any atom is -0.379 e. The van der Waals surface area contributed by atoms with Gasteiger partial charge in [0.05, 0.1) is 145 Å². The molecule has 0 amide bonds. The van der Waals surface area contributed by atoms with Crippen molar-refractivity contribution in [1.29, 1.82) is 0 Å². The molecule has 0 radical (unpaired) electrons. The summed E-state index contributed by atoms with van der Waals surface area (Å²) in [5.41, 5.74) is 0. The number of rotatable bonds is 43. The summed E-state index contributed by atoms with van der Waals surface area (Å²) in [4.78, 5) is 0. The second-order valence-corrected chi connectivity index (χ2v) is 11.9. The van der Waals surface area contributed by atoms with Gasteiger partial charge in [-0.3, -0.25) is 0 Å². The molecule has 1 heterocycles. The summed E-state index contributed by atoms with van der Waals surface area (Å²) < 4.78 is 71.8. The lowest BCUT2D eigenvalue weighted by Crippen LogP contribution is -2.24. The van der Waals surface area contributed by atoms with Crippen LogP contribution in [0.4, 0.5) is 0 Å². The first-order chi connectivity index (χ1) is 24.9. The van der Waals surface area contributed by atoms with Crippen LogP contribution in [0.1, 0.15) is 77.6 Å². The Morgan fingerprint density at radius 1 is 0.340 bits per heavy atom. The first-order valence-electron chi connectivity index (χ1n) is 19.5. The van der Waals surface area contributed by atoms with Crippen LogP contribution in [0.25, 0.3) is 0 Å². The van der Waals surface area contributed by atoms with Crippen LogP contribution in [0, 0.1) is 0 Å². The summed E-state index contributed by atoms with van der Waals surface area (Å²) in [6, 6.07) is 0. The maximum absolute atomic E-state index is 5.63. The number of hydrogen-bond donors (Lipinski definition) is 0. The summed E-state index contributed by atoms with van der Waals surface area (Å²) in [5, 5.41) is 0. The molecule has 0 N–H and O–H groups in total. The molecule has 0 aromatic carbocycles. The fraction of sp³-hybridized carbons (Fsp3) is 1.00. The highest BCUT2D eigenvalue weighted by Gasteiger charge is 2.13. The Morgan fingerprint density at radius 2 is 0.640 bits per heavy atom. The zero-order valence-corrected chi connectivity index (χ0v) is 31.6. The van der Waals surface area contributed by atoms with Gasteiger partial charge >= 0.3 is 0 Å². The fourth-order valence-corrected chi connectivity index (χ4v) is 4.72. The minimum atomic E-state index is -0.0641. The monoisotopic (exact) mass is 727 g/mol. The molecule has 0 bridgehead atoms. The van der Waals surface area contributed by atoms with Gasteiger partial charge in [-0.2, -0.15) is 0 Å². The molecule has 1 rings (SSSR count). The molecular formula is C37H74O13. The van der Waals surface area contributed by atoms with Gasteiger partial charge in [0.1, 0.15) is 0 Å². The Hall–Kier alpha value is -0.520. The summed E-state index contributed by atoms with van der Waals surface area (Å²) in [7, 11) is 0. The first kappa shape index (κ1) is 47.5. The molecule has 1 aliphatic rings. The second kappa shape index (κ2) is 42.9. The maximum Gasteiger partial charge on any atom is 0.157 e. The third-order valence-electron chi connectivity index (χ3n) is 7.53. The van der Waals surface area contributed by atoms with Gasteiger partial charge in [0.25, 0.3) is 0 Å². The van der Waals surface area contributed by atoms with Crippen molar-refractivity contribution in [2.75, 3.05) is 159 Å². The van der Waals surface area contributed by atoms with Crippen molar-refractivity contribution in [2.24, 2.45) is 0 Å². The molecule has 13 heteroatoms. The lowest BCUT2D eigenvalue weighted by atomic mass is 10.1. The van der Waals surface area contributed by atoms with Crippen molar-refractivity contribution in [3.05, 3.63) is 0 Å². The maximum atomic E-state index is 5.63. The average Bonchev–Trinajstić information content (AvgIpc) is 3.14. The van der Waals surface area contributed by atoms with Crippen LogP contribution in [0.3, 0.4) is 0 Å². The fourth-order valence-electron chi connectivity index (χ4n) is 4.72. The molecule has 50 heavy (non-hydrogen) atoms. The first-order valence-corrected chi connectivity index (χ1v) is 19.5. The van der Waals surface area contributed by atoms with Gasteiger partial charge in [-0.25, -0.2) is 0 Å². The number of ether oxygens (including phenoxy) is 13. The van der Waals surface area contributed by atoms with E-state index in [9.17, 15) is 0 Å². The molecule has 0 aromatic rings. The highest BCUT2D eigenvalue weighted by Crippen LogP contribution is 2.13. The molecule has 13 nitrogen and oxygen atoms in total. The van der Waals surface area contributed by atoms with Crippen LogP contribution < -0.4 is 0 Å². The third-order valence-corrected chi connectivity index (χ3v) is 7.53. The molecule has 1 fully saturated rings. The Balaban J connectivity index is 1.59. The van der Waals surface area contributed by atoms with Gasteiger partial charge in [-0.15, -0.1) is 0 Å². The van der Waals surface area contributed by atoms with Crippen LogP contribution >= 0.6 is 0 Å². The van der Waals surface area contributed by atoms with Crippen LogP contribution in [0.2, 0.25) is 0 Å². The number of hydrogen-bond acceptors (Lipinski definition) is 13. The van der Waals surface area contributed by atoms with E-state index in [4.69, 9.17) is 61.6 Å². The Kier molecular flexibility index (Phi) is 40.7. The van der Waals surface area contributed by atoms with E-state index in [0.717, 1.165) is 32.5 Å². The van der Waals surface area contributed by atoms with E-state index in [2.05, 4.69) is 6.92 Å². The summed E-state index contributed by atoms with van der Waals surface area (Å²) in [5.74, 6) is 0. The minimum absolute atomic E-state index is 0.0641. The van der Waals surface area contributed by atoms with Crippen LogP contribution in [-0.4, -0.2) is 165 Å². The van der Waals surface area contributed by atoms with Gasteiger partial charge in [0.2, 0.25) is 0 Å². The van der Waals surface area contributed by atoms with Crippen LogP contribution in [0.5, 0.6) is 0 Å². The predicted molar refractivity (Wildman–Crippen MR) is 191 cm³/mol. The van der Waals surface area contributed by atoms with E-state index >= 15 is 0 Å². The molecule has 300 valence electrons. The van der Waals surface area contributed by atoms with E-state index in [1.165, 1.54) is 51.4 Å². The van der Waals surface area contributed by atoms with Crippen molar-refractivity contribution in [3.63, 3.8) is 0 Å². The van der Waals surface area contributed by atoms with Gasteiger partial charge in [-0.1, -0.05) is 51.9 Å². The molecule has 0 saturated carbocycles. The Morgan fingerprint density at radius 3 is 0.960 bits per heavy atom. The zero-order valence-electron chi connectivity index (χ0n) is 31.6. The molecule has 0 aromatic heterocycles. The lowest BCUT2D eigenvalue weighted by Gasteiger charge is -2.22. The van der Waals surface area contributed by atoms with Crippen molar-refractivity contribution in [3.8, 4) is 0 Å². The molecule has 0 aliphatic carbocycles. The molecule has 1 aliphatic heterocycles. The van der Waals surface area contributed by atoms with Gasteiger partial charge in [0.15, 0.2) is 6.29 Å². The third kappa shape index (κ3) is 38.7. The van der Waals surface area contributed by atoms with Crippen LogP contribution in [-0.2, 0) is 61.6 Å². The SMILES string of the molecule is CCCCCCCCCCOCCOCCOCCOCCOCCOCCOCCOCCOCCOCCOCCOC1CCCCO1. The topological polar surface area (TPSA) is 120 Å². The molecular weight excluding hydrogens is 652 g/mol. The van der Waals surface area contributed by atoms with Crippen molar-refractivity contribution in [2.45, 2.75) is 83.8 Å². The molecule has 0 spiro atoms. The Labute approximate surface area is 303 Å². The highest BCUT2D eigenvalue weighted by atomic mass is 16.7. The largest absolute Gasteiger partial charge is 0.379 e. The van der Waals surface area contributed by atoms with Crippen molar-refractivity contribution >= 4 is 0 Å². The van der Waals surface area contributed by atoms with E-state index in [1.54, 1.807) is 0 Å². The van der Waals surface area contributed by atoms with E-state index in [0.29, 0.717) is 145 Å². The van der Waals surface area contributed by atoms with Gasteiger partial charge in [0, 0.05) is 13.2 Å². The quantitative estimate of drug-likeness (QED) is 0.0798. The molecule has 1 unspecified atom stereocenters. The molecule has 1 atom stereocenters. The van der Waals surface area contributed by atoms with E-state index in [-0.39, 0.29) is 6.29 Å². The predicted octanol–water partition coefficient (Wildman–Crippen LogP) is 4.85. The van der Waals surface area contributed by atoms with Crippen molar-refractivity contribution in [1.82, 2.24) is 0 Å². The average molecular weight is 727 g/mol. The van der Waals surface area contributed by atoms with E-state index in [1.807, 2.05) is 0 Å². The smallest absolute Gasteiger partial charge is 0.157 e. The normalized spacial score (nSPS) is 14.9. The highest BCUT2D eigenvalue weighted by molar-refractivity contribution is 4.53. The number of unbranched alkanes of at least 4 members (excludes halogenated alkanes) is 7. The van der Waals surface area contributed by atoms with Gasteiger partial charge in [-0.05, 0) is 25.7 Å². The van der Waals surface area contributed by atoms with E-state index < -0.39 is 0 Å². The summed E-state index contributed by atoms with van der Waals surface area (Å²) in [6.07, 6.45) is 13.7. The zero-order chi connectivity index (χ0) is 35.5. The second-order valence-electron chi connectivity index (χ2n) is 11.9.